The zero-order valence-electron chi connectivity index (χ0n) is 10.5. The third kappa shape index (κ3) is 4.45. The molecule has 0 saturated carbocycles. The van der Waals surface area contributed by atoms with E-state index in [1.54, 1.807) is 18.7 Å². The standard InChI is InChI=1S/C11H19F3N2O2/c1-7(10(18)15-6-11(12,13)14)16-4-3-9(5-16)8(2)17/h7-9,17H,3-6H2,1-2H3,(H,15,18). The molecular weight excluding hydrogens is 249 g/mol. The van der Waals surface area contributed by atoms with Crippen LogP contribution >= 0.6 is 0 Å². The Hall–Kier alpha value is -0.820. The summed E-state index contributed by atoms with van der Waals surface area (Å²) in [5.41, 5.74) is 0. The molecule has 106 valence electrons. The lowest BCUT2D eigenvalue weighted by Gasteiger charge is -2.24. The van der Waals surface area contributed by atoms with Crippen LogP contribution in [0.3, 0.4) is 0 Å². The molecule has 4 nitrogen and oxygen atoms in total. The number of amides is 1. The number of aliphatic hydroxyl groups excluding tert-OH is 1. The average Bonchev–Trinajstić information content (AvgIpc) is 2.73. The van der Waals surface area contributed by atoms with Crippen molar-refractivity contribution in [2.45, 2.75) is 38.6 Å². The van der Waals surface area contributed by atoms with Crippen LogP contribution in [0, 0.1) is 5.92 Å². The van der Waals surface area contributed by atoms with Crippen LogP contribution in [-0.2, 0) is 4.79 Å². The molecule has 7 heteroatoms. The molecule has 1 saturated heterocycles. The molecule has 1 aliphatic rings. The summed E-state index contributed by atoms with van der Waals surface area (Å²) in [5.74, 6) is -0.540. The van der Waals surface area contributed by atoms with Crippen molar-refractivity contribution in [2.24, 2.45) is 5.92 Å². The zero-order chi connectivity index (χ0) is 13.9. The van der Waals surface area contributed by atoms with Gasteiger partial charge < -0.3 is 10.4 Å². The molecule has 0 spiro atoms. The van der Waals surface area contributed by atoms with Gasteiger partial charge in [-0.3, -0.25) is 9.69 Å². The summed E-state index contributed by atoms with van der Waals surface area (Å²) in [6, 6.07) is -0.601. The smallest absolute Gasteiger partial charge is 0.393 e. The Labute approximate surface area is 104 Å². The van der Waals surface area contributed by atoms with Crippen LogP contribution in [0.1, 0.15) is 20.3 Å². The summed E-state index contributed by atoms with van der Waals surface area (Å²) in [6.45, 7) is 3.12. The van der Waals surface area contributed by atoms with E-state index in [9.17, 15) is 23.1 Å². The van der Waals surface area contributed by atoms with Gasteiger partial charge in [0.15, 0.2) is 0 Å². The molecule has 1 heterocycles. The number of hydrogen-bond donors (Lipinski definition) is 2. The van der Waals surface area contributed by atoms with E-state index < -0.39 is 30.8 Å². The number of halogens is 3. The average molecular weight is 268 g/mol. The van der Waals surface area contributed by atoms with E-state index in [1.807, 2.05) is 5.32 Å². The Morgan fingerprint density at radius 1 is 1.50 bits per heavy atom. The predicted octanol–water partition coefficient (Wildman–Crippen LogP) is 0.756. The van der Waals surface area contributed by atoms with Crippen molar-refractivity contribution in [2.75, 3.05) is 19.6 Å². The molecule has 1 fully saturated rings. The minimum Gasteiger partial charge on any atom is -0.393 e. The van der Waals surface area contributed by atoms with Crippen molar-refractivity contribution < 1.29 is 23.1 Å². The summed E-state index contributed by atoms with van der Waals surface area (Å²) in [4.78, 5) is 13.3. The molecule has 0 radical (unpaired) electrons. The Kier molecular flexibility index (Phi) is 4.98. The molecule has 2 N–H and O–H groups in total. The molecule has 1 amide bonds. The molecule has 3 unspecified atom stereocenters. The van der Waals surface area contributed by atoms with E-state index in [0.717, 1.165) is 6.42 Å². The lowest BCUT2D eigenvalue weighted by atomic mass is 10.0. The molecule has 0 aromatic carbocycles. The van der Waals surface area contributed by atoms with Gasteiger partial charge in [0.05, 0.1) is 12.1 Å². The van der Waals surface area contributed by atoms with Crippen LogP contribution in [-0.4, -0.2) is 53.9 Å². The first-order chi connectivity index (χ1) is 8.20. The molecular formula is C11H19F3N2O2. The van der Waals surface area contributed by atoms with Crippen molar-refractivity contribution >= 4 is 5.91 Å². The number of likely N-dealkylation sites (tertiary alicyclic amines) is 1. The number of nitrogens with one attached hydrogen (secondary N) is 1. The number of aliphatic hydroxyl groups is 1. The van der Waals surface area contributed by atoms with Gasteiger partial charge in [-0.05, 0) is 32.7 Å². The Bertz CT molecular complexity index is 295. The van der Waals surface area contributed by atoms with Crippen LogP contribution in [0.5, 0.6) is 0 Å². The Balaban J connectivity index is 2.41. The van der Waals surface area contributed by atoms with Crippen LogP contribution in [0.25, 0.3) is 0 Å². The lowest BCUT2D eigenvalue weighted by Crippen LogP contribution is -2.46. The summed E-state index contributed by atoms with van der Waals surface area (Å²) in [7, 11) is 0. The number of carbonyl (C=O) groups excluding carboxylic acids is 1. The maximum absolute atomic E-state index is 12.0. The first-order valence-corrected chi connectivity index (χ1v) is 5.97. The summed E-state index contributed by atoms with van der Waals surface area (Å²) in [5, 5.41) is 11.3. The second-order valence-electron chi connectivity index (χ2n) is 4.79. The van der Waals surface area contributed by atoms with Gasteiger partial charge in [0, 0.05) is 6.54 Å². The fourth-order valence-electron chi connectivity index (χ4n) is 2.06. The van der Waals surface area contributed by atoms with Crippen molar-refractivity contribution in [1.82, 2.24) is 10.2 Å². The number of alkyl halides is 3. The quantitative estimate of drug-likeness (QED) is 0.791. The number of carbonyl (C=O) groups is 1. The molecule has 3 atom stereocenters. The largest absolute Gasteiger partial charge is 0.405 e. The highest BCUT2D eigenvalue weighted by molar-refractivity contribution is 5.81. The fraction of sp³-hybridized carbons (Fsp3) is 0.909. The van der Waals surface area contributed by atoms with Gasteiger partial charge in [0.25, 0.3) is 0 Å². The summed E-state index contributed by atoms with van der Waals surface area (Å²) < 4.78 is 35.9. The minimum atomic E-state index is -4.39. The van der Waals surface area contributed by atoms with Crippen molar-refractivity contribution in [3.63, 3.8) is 0 Å². The van der Waals surface area contributed by atoms with Gasteiger partial charge in [-0.2, -0.15) is 13.2 Å². The Morgan fingerprint density at radius 3 is 2.56 bits per heavy atom. The van der Waals surface area contributed by atoms with Gasteiger partial charge in [-0.1, -0.05) is 0 Å². The molecule has 0 aliphatic carbocycles. The van der Waals surface area contributed by atoms with Crippen LogP contribution < -0.4 is 5.32 Å². The highest BCUT2D eigenvalue weighted by Crippen LogP contribution is 2.21. The van der Waals surface area contributed by atoms with Gasteiger partial charge >= 0.3 is 6.18 Å². The maximum atomic E-state index is 12.0. The first-order valence-electron chi connectivity index (χ1n) is 5.97. The van der Waals surface area contributed by atoms with E-state index in [0.29, 0.717) is 13.1 Å². The highest BCUT2D eigenvalue weighted by Gasteiger charge is 2.33. The molecule has 1 aliphatic heterocycles. The van der Waals surface area contributed by atoms with Crippen LogP contribution in [0.15, 0.2) is 0 Å². The third-order valence-electron chi connectivity index (χ3n) is 3.33. The number of hydrogen-bond acceptors (Lipinski definition) is 3. The van der Waals surface area contributed by atoms with E-state index in [2.05, 4.69) is 0 Å². The molecule has 18 heavy (non-hydrogen) atoms. The summed E-state index contributed by atoms with van der Waals surface area (Å²) in [6.07, 6.45) is -4.09. The van der Waals surface area contributed by atoms with Crippen LogP contribution in [0.4, 0.5) is 13.2 Å². The second kappa shape index (κ2) is 5.88. The topological polar surface area (TPSA) is 52.6 Å². The highest BCUT2D eigenvalue weighted by atomic mass is 19.4. The van der Waals surface area contributed by atoms with E-state index >= 15 is 0 Å². The van der Waals surface area contributed by atoms with Gasteiger partial charge in [-0.15, -0.1) is 0 Å². The lowest BCUT2D eigenvalue weighted by molar-refractivity contribution is -0.141. The second-order valence-corrected chi connectivity index (χ2v) is 4.79. The minimum absolute atomic E-state index is 0.0860. The maximum Gasteiger partial charge on any atom is 0.405 e. The molecule has 0 bridgehead atoms. The predicted molar refractivity (Wildman–Crippen MR) is 59.9 cm³/mol. The molecule has 0 aromatic rings. The molecule has 1 rings (SSSR count). The van der Waals surface area contributed by atoms with Crippen LogP contribution in [0.2, 0.25) is 0 Å². The van der Waals surface area contributed by atoms with E-state index in [1.165, 1.54) is 0 Å². The van der Waals surface area contributed by atoms with Gasteiger partial charge in [-0.25, -0.2) is 0 Å². The van der Waals surface area contributed by atoms with Crippen molar-refractivity contribution in [3.05, 3.63) is 0 Å². The van der Waals surface area contributed by atoms with E-state index in [-0.39, 0.29) is 5.92 Å². The van der Waals surface area contributed by atoms with E-state index in [4.69, 9.17) is 0 Å². The first kappa shape index (κ1) is 15.2. The fourth-order valence-corrected chi connectivity index (χ4v) is 2.06. The monoisotopic (exact) mass is 268 g/mol. The van der Waals surface area contributed by atoms with Gasteiger partial charge in [0.1, 0.15) is 6.54 Å². The van der Waals surface area contributed by atoms with Crippen molar-refractivity contribution in [1.29, 1.82) is 0 Å². The number of rotatable bonds is 4. The SMILES string of the molecule is CC(O)C1CCN(C(C)C(=O)NCC(F)(F)F)C1. The normalized spacial score (nSPS) is 24.9. The van der Waals surface area contributed by atoms with Crippen molar-refractivity contribution in [3.8, 4) is 0 Å². The third-order valence-corrected chi connectivity index (χ3v) is 3.33. The zero-order valence-corrected chi connectivity index (χ0v) is 10.5. The molecule has 0 aromatic heterocycles. The number of nitrogens with zero attached hydrogens (tertiary/aromatic N) is 1. The van der Waals surface area contributed by atoms with Gasteiger partial charge in [0.2, 0.25) is 5.91 Å². The Morgan fingerprint density at radius 2 is 2.11 bits per heavy atom. The summed E-state index contributed by atoms with van der Waals surface area (Å²) >= 11 is 0.